The molecule has 0 radical (unpaired) electrons. The van der Waals surface area contributed by atoms with E-state index in [-0.39, 0.29) is 28.7 Å². The van der Waals surface area contributed by atoms with E-state index in [1.807, 2.05) is 29.3 Å². The van der Waals surface area contributed by atoms with Crippen LogP contribution in [0.25, 0.3) is 10.9 Å². The zero-order valence-corrected chi connectivity index (χ0v) is 17.6. The molecule has 8 nitrogen and oxygen atoms in total. The van der Waals surface area contributed by atoms with Gasteiger partial charge in [0, 0.05) is 54.6 Å². The first kappa shape index (κ1) is 19.8. The number of nitrogens with zero attached hydrogens (tertiary/aromatic N) is 4. The second-order valence-corrected chi connectivity index (χ2v) is 8.93. The highest BCUT2D eigenvalue weighted by Gasteiger charge is 2.37. The standard InChI is InChI=1S/C23H25N4O4/c1-14(2)25-8-7-16-3-4-17(10-21(16)25)22(28)24-11-15-9-18(13-24)19-5-6-20(27(30)31)23(29)26(19)12-15/h3-8,10,14-15,18,30H,9,11-13H2,1-2H3/q-1/t15-,18?/m0/s1. The minimum atomic E-state index is -0.482. The van der Waals surface area contributed by atoms with Gasteiger partial charge in [-0.25, -0.2) is 0 Å². The summed E-state index contributed by atoms with van der Waals surface area (Å²) in [6.45, 7) is 5.76. The first-order chi connectivity index (χ1) is 14.8. The summed E-state index contributed by atoms with van der Waals surface area (Å²) in [6.07, 6.45) is 2.95. The number of likely N-dealkylation sites (tertiary alicyclic amines) is 1. The van der Waals surface area contributed by atoms with Gasteiger partial charge in [0.05, 0.1) is 0 Å². The molecule has 1 aromatic carbocycles. The van der Waals surface area contributed by atoms with Crippen LogP contribution in [-0.2, 0) is 6.54 Å². The lowest BCUT2D eigenvalue weighted by atomic mass is 9.83. The fraction of sp³-hybridized carbons (Fsp3) is 0.391. The van der Waals surface area contributed by atoms with Gasteiger partial charge in [-0.15, -0.1) is 0 Å². The first-order valence-electron chi connectivity index (χ1n) is 10.6. The summed E-state index contributed by atoms with van der Waals surface area (Å²) < 4.78 is 3.75. The second kappa shape index (κ2) is 7.25. The highest BCUT2D eigenvalue weighted by Crippen LogP contribution is 2.36. The van der Waals surface area contributed by atoms with Crippen molar-refractivity contribution in [3.05, 3.63) is 69.4 Å². The summed E-state index contributed by atoms with van der Waals surface area (Å²) >= 11 is 0. The molecule has 1 N–H and O–H groups in total. The van der Waals surface area contributed by atoms with Crippen molar-refractivity contribution < 1.29 is 10.0 Å². The van der Waals surface area contributed by atoms with Gasteiger partial charge in [0.25, 0.3) is 11.5 Å². The Labute approximate surface area is 179 Å². The Hall–Kier alpha value is -3.10. The van der Waals surface area contributed by atoms with Crippen LogP contribution in [-0.4, -0.2) is 38.2 Å². The van der Waals surface area contributed by atoms with Crippen molar-refractivity contribution in [2.45, 2.75) is 38.8 Å². The van der Waals surface area contributed by atoms with Crippen LogP contribution in [0.5, 0.6) is 0 Å². The van der Waals surface area contributed by atoms with Crippen LogP contribution in [0.1, 0.15) is 48.3 Å². The summed E-state index contributed by atoms with van der Waals surface area (Å²) in [6, 6.07) is 11.3. The molecular weight excluding hydrogens is 396 g/mol. The maximum absolute atomic E-state index is 13.4. The minimum Gasteiger partial charge on any atom is -0.733 e. The normalized spacial score (nSPS) is 20.2. The molecule has 1 saturated heterocycles. The number of hydrogen-bond donors (Lipinski definition) is 1. The van der Waals surface area contributed by atoms with E-state index >= 15 is 0 Å². The van der Waals surface area contributed by atoms with Gasteiger partial charge in [0.1, 0.15) is 5.69 Å². The van der Waals surface area contributed by atoms with Crippen LogP contribution in [0.2, 0.25) is 0 Å². The number of carbonyl (C=O) groups excluding carboxylic acids is 1. The third-order valence-electron chi connectivity index (χ3n) is 6.60. The Kier molecular flexibility index (Phi) is 4.64. The van der Waals surface area contributed by atoms with Gasteiger partial charge < -0.3 is 24.5 Å². The number of aromatic nitrogens is 2. The van der Waals surface area contributed by atoms with Gasteiger partial charge in [0.15, 0.2) is 0 Å². The van der Waals surface area contributed by atoms with E-state index in [1.54, 1.807) is 10.6 Å². The average molecular weight is 421 g/mol. The van der Waals surface area contributed by atoms with Crippen LogP contribution >= 0.6 is 0 Å². The molecule has 2 bridgehead atoms. The van der Waals surface area contributed by atoms with Crippen LogP contribution in [0.15, 0.2) is 47.4 Å². The fourth-order valence-electron chi connectivity index (χ4n) is 5.16. The summed E-state index contributed by atoms with van der Waals surface area (Å²) in [7, 11) is 0. The molecule has 3 aromatic rings. The molecule has 1 unspecified atom stereocenters. The third-order valence-corrected chi connectivity index (χ3v) is 6.60. The molecule has 8 heteroatoms. The molecule has 2 atom stereocenters. The number of fused-ring (bicyclic) bond motifs is 5. The lowest BCUT2D eigenvalue weighted by Gasteiger charge is -2.43. The third kappa shape index (κ3) is 3.23. The Morgan fingerprint density at radius 2 is 1.97 bits per heavy atom. The maximum Gasteiger partial charge on any atom is 0.275 e. The number of hydrogen-bond acceptors (Lipinski definition) is 5. The molecule has 1 amide bonds. The maximum atomic E-state index is 13.4. The van der Waals surface area contributed by atoms with Crippen molar-refractivity contribution in [3.8, 4) is 0 Å². The number of pyridine rings is 1. The Morgan fingerprint density at radius 3 is 2.71 bits per heavy atom. The Bertz CT molecular complexity index is 1230. The topological polar surface area (TPSA) is 93.8 Å². The molecule has 0 saturated carbocycles. The SMILES string of the molecule is CC(C)n1ccc2ccc(C(=O)N3CC4C[C@@H](C3)Cn3c4ccc(N([O-])O)c3=O)cc21. The molecule has 31 heavy (non-hydrogen) atoms. The van der Waals surface area contributed by atoms with Gasteiger partial charge in [-0.1, -0.05) is 6.07 Å². The van der Waals surface area contributed by atoms with Gasteiger partial charge in [0.2, 0.25) is 0 Å². The van der Waals surface area contributed by atoms with E-state index in [4.69, 9.17) is 0 Å². The zero-order chi connectivity index (χ0) is 21.9. The van der Waals surface area contributed by atoms with E-state index in [1.165, 1.54) is 6.07 Å². The number of benzene rings is 1. The smallest absolute Gasteiger partial charge is 0.275 e. The van der Waals surface area contributed by atoms with Gasteiger partial charge in [-0.05, 0) is 61.9 Å². The van der Waals surface area contributed by atoms with E-state index in [9.17, 15) is 20.0 Å². The van der Waals surface area contributed by atoms with E-state index in [0.29, 0.717) is 31.2 Å². The number of amides is 1. The molecular formula is C23H25N4O4-. The van der Waals surface area contributed by atoms with Crippen molar-refractivity contribution in [3.63, 3.8) is 0 Å². The van der Waals surface area contributed by atoms with E-state index in [0.717, 1.165) is 23.0 Å². The molecule has 2 aliphatic heterocycles. The number of rotatable bonds is 3. The van der Waals surface area contributed by atoms with E-state index in [2.05, 4.69) is 24.5 Å². The monoisotopic (exact) mass is 421 g/mol. The first-order valence-corrected chi connectivity index (χ1v) is 10.6. The van der Waals surface area contributed by atoms with Crippen molar-refractivity contribution in [2.24, 2.45) is 5.92 Å². The molecule has 2 aromatic heterocycles. The van der Waals surface area contributed by atoms with Crippen LogP contribution in [0.4, 0.5) is 5.69 Å². The predicted octanol–water partition coefficient (Wildman–Crippen LogP) is 3.34. The number of anilines is 1. The van der Waals surface area contributed by atoms with Crippen molar-refractivity contribution in [2.75, 3.05) is 18.3 Å². The summed E-state index contributed by atoms with van der Waals surface area (Å²) in [4.78, 5) is 27.8. The van der Waals surface area contributed by atoms with Crippen molar-refractivity contribution in [1.82, 2.24) is 14.0 Å². The van der Waals surface area contributed by atoms with Gasteiger partial charge in [-0.3, -0.25) is 14.8 Å². The zero-order valence-electron chi connectivity index (χ0n) is 17.6. The molecule has 5 rings (SSSR count). The van der Waals surface area contributed by atoms with Crippen molar-refractivity contribution >= 4 is 22.5 Å². The lowest BCUT2D eigenvalue weighted by molar-refractivity contribution is 0.0594. The molecule has 162 valence electrons. The molecule has 2 aliphatic rings. The highest BCUT2D eigenvalue weighted by molar-refractivity contribution is 5.98. The van der Waals surface area contributed by atoms with Crippen LogP contribution < -0.4 is 10.8 Å². The quantitative estimate of drug-likeness (QED) is 0.655. The molecule has 0 aliphatic carbocycles. The summed E-state index contributed by atoms with van der Waals surface area (Å²) in [5, 5.41) is 21.2. The second-order valence-electron chi connectivity index (χ2n) is 8.93. The van der Waals surface area contributed by atoms with Gasteiger partial charge >= 0.3 is 0 Å². The molecule has 0 spiro atoms. The molecule has 1 fully saturated rings. The molecule has 4 heterocycles. The van der Waals surface area contributed by atoms with Crippen molar-refractivity contribution in [1.29, 1.82) is 0 Å². The number of carbonyl (C=O) groups is 1. The highest BCUT2D eigenvalue weighted by atomic mass is 16.8. The fourth-order valence-corrected chi connectivity index (χ4v) is 5.16. The largest absolute Gasteiger partial charge is 0.733 e. The predicted molar refractivity (Wildman–Crippen MR) is 117 cm³/mol. The van der Waals surface area contributed by atoms with E-state index < -0.39 is 5.56 Å². The number of piperidine rings is 1. The van der Waals surface area contributed by atoms with Crippen LogP contribution in [0, 0.1) is 11.1 Å². The Morgan fingerprint density at radius 1 is 1.16 bits per heavy atom. The Balaban J connectivity index is 1.45. The summed E-state index contributed by atoms with van der Waals surface area (Å²) in [5.74, 6) is 0.159. The lowest BCUT2D eigenvalue weighted by Crippen LogP contribution is -2.49. The summed E-state index contributed by atoms with van der Waals surface area (Å²) in [5.41, 5.74) is 1.77. The van der Waals surface area contributed by atoms with Crippen LogP contribution in [0.3, 0.4) is 0 Å². The average Bonchev–Trinajstić information content (AvgIpc) is 3.17. The van der Waals surface area contributed by atoms with Gasteiger partial charge in [-0.2, -0.15) is 0 Å². The minimum absolute atomic E-state index is 0.00150.